The predicted octanol–water partition coefficient (Wildman–Crippen LogP) is 1.61. The number of carbonyl (C=O) groups is 2. The van der Waals surface area contributed by atoms with Crippen molar-refractivity contribution in [3.8, 4) is 0 Å². The summed E-state index contributed by atoms with van der Waals surface area (Å²) in [6, 6.07) is 12.7. The maximum absolute atomic E-state index is 13.2. The maximum Gasteiger partial charge on any atom is 0.349 e. The van der Waals surface area contributed by atoms with Gasteiger partial charge in [-0.1, -0.05) is 12.1 Å². The molecule has 1 aromatic carbocycles. The molecule has 3 heterocycles. The lowest BCUT2D eigenvalue weighted by Gasteiger charge is -2.30. The molecule has 1 aliphatic rings. The SMILES string of the molecule is C[N+]1(CCCC(=O)c2ccc(F)cc2)CCC(OC(=O)C(O)(c2cccs2)c2cccs2)C1.[Cl-]. The highest BCUT2D eigenvalue weighted by molar-refractivity contribution is 7.12. The number of likely N-dealkylation sites (tertiary alicyclic amines) is 1. The molecule has 34 heavy (non-hydrogen) atoms. The van der Waals surface area contributed by atoms with Crippen LogP contribution in [0.4, 0.5) is 4.39 Å². The molecule has 0 aliphatic carbocycles. The van der Waals surface area contributed by atoms with Crippen LogP contribution in [-0.4, -0.2) is 54.1 Å². The van der Waals surface area contributed by atoms with E-state index in [1.165, 1.54) is 46.9 Å². The average molecular weight is 524 g/mol. The number of Topliss-reactive ketones (excluding diaryl/α,β-unsaturated/α-hetero) is 1. The lowest BCUT2D eigenvalue weighted by atomic mass is 10.00. The van der Waals surface area contributed by atoms with Gasteiger partial charge in [0, 0.05) is 24.8 Å². The fraction of sp³-hybridized carbons (Fsp3) is 0.360. The van der Waals surface area contributed by atoms with Crippen molar-refractivity contribution in [2.45, 2.75) is 31.0 Å². The molecular formula is C25H27ClFNO4S2. The molecule has 2 unspecified atom stereocenters. The number of aliphatic hydroxyl groups is 1. The van der Waals surface area contributed by atoms with Gasteiger partial charge in [0.1, 0.15) is 12.4 Å². The molecule has 9 heteroatoms. The molecule has 3 aromatic rings. The van der Waals surface area contributed by atoms with Gasteiger partial charge in [0.25, 0.3) is 0 Å². The summed E-state index contributed by atoms with van der Waals surface area (Å²) < 4.78 is 19.6. The number of ketones is 1. The van der Waals surface area contributed by atoms with E-state index in [4.69, 9.17) is 4.74 Å². The number of nitrogens with zero attached hydrogens (tertiary/aromatic N) is 1. The third-order valence-electron chi connectivity index (χ3n) is 6.23. The zero-order chi connectivity index (χ0) is 23.5. The molecule has 1 N–H and O–H groups in total. The molecule has 0 bridgehead atoms. The molecule has 0 amide bonds. The minimum atomic E-state index is -1.80. The summed E-state index contributed by atoms with van der Waals surface area (Å²) >= 11 is 2.65. The van der Waals surface area contributed by atoms with Crippen LogP contribution in [0, 0.1) is 5.82 Å². The zero-order valence-electron chi connectivity index (χ0n) is 18.8. The van der Waals surface area contributed by atoms with Crippen molar-refractivity contribution in [1.29, 1.82) is 0 Å². The van der Waals surface area contributed by atoms with E-state index >= 15 is 0 Å². The van der Waals surface area contributed by atoms with Gasteiger partial charge in [0.2, 0.25) is 5.60 Å². The molecule has 1 saturated heterocycles. The van der Waals surface area contributed by atoms with E-state index in [2.05, 4.69) is 7.05 Å². The van der Waals surface area contributed by atoms with E-state index in [0.29, 0.717) is 45.6 Å². The van der Waals surface area contributed by atoms with Crippen LogP contribution in [0.5, 0.6) is 0 Å². The first kappa shape index (κ1) is 26.5. The fourth-order valence-electron chi connectivity index (χ4n) is 4.36. The zero-order valence-corrected chi connectivity index (χ0v) is 21.2. The number of carbonyl (C=O) groups excluding carboxylic acids is 2. The second kappa shape index (κ2) is 11.1. The number of ether oxygens (including phenoxy) is 1. The number of benzene rings is 1. The van der Waals surface area contributed by atoms with Crippen LogP contribution in [0.25, 0.3) is 0 Å². The van der Waals surface area contributed by atoms with E-state index in [1.807, 2.05) is 22.9 Å². The van der Waals surface area contributed by atoms with Crippen molar-refractivity contribution in [3.05, 3.63) is 80.4 Å². The molecular weight excluding hydrogens is 497 g/mol. The van der Waals surface area contributed by atoms with E-state index < -0.39 is 11.6 Å². The first-order valence-corrected chi connectivity index (χ1v) is 12.7. The Kier molecular flexibility index (Phi) is 8.65. The first-order valence-electron chi connectivity index (χ1n) is 10.9. The van der Waals surface area contributed by atoms with Crippen molar-refractivity contribution in [2.24, 2.45) is 0 Å². The monoisotopic (exact) mass is 523 g/mol. The highest BCUT2D eigenvalue weighted by Crippen LogP contribution is 2.37. The van der Waals surface area contributed by atoms with Gasteiger partial charge in [0.15, 0.2) is 11.9 Å². The lowest BCUT2D eigenvalue weighted by molar-refractivity contribution is -0.899. The van der Waals surface area contributed by atoms with Gasteiger partial charge in [-0.2, -0.15) is 0 Å². The maximum atomic E-state index is 13.2. The Labute approximate surface area is 212 Å². The molecule has 0 radical (unpaired) electrons. The van der Waals surface area contributed by atoms with Crippen LogP contribution in [0.15, 0.2) is 59.3 Å². The summed E-state index contributed by atoms with van der Waals surface area (Å²) in [4.78, 5) is 26.6. The molecule has 2 atom stereocenters. The number of quaternary nitrogens is 1. The van der Waals surface area contributed by atoms with Gasteiger partial charge in [-0.3, -0.25) is 4.79 Å². The number of likely N-dealkylation sites (N-methyl/N-ethyl adjacent to an activating group) is 1. The number of rotatable bonds is 9. The average Bonchev–Trinajstić information content (AvgIpc) is 3.57. The topological polar surface area (TPSA) is 63.6 Å². The van der Waals surface area contributed by atoms with Gasteiger partial charge in [-0.15, -0.1) is 22.7 Å². The van der Waals surface area contributed by atoms with Crippen molar-refractivity contribution in [2.75, 3.05) is 26.7 Å². The van der Waals surface area contributed by atoms with Crippen molar-refractivity contribution in [1.82, 2.24) is 0 Å². The Balaban J connectivity index is 0.00000324. The van der Waals surface area contributed by atoms with E-state index in [0.717, 1.165) is 13.1 Å². The van der Waals surface area contributed by atoms with Gasteiger partial charge in [0.05, 0.1) is 29.9 Å². The third kappa shape index (κ3) is 5.75. The van der Waals surface area contributed by atoms with E-state index in [1.54, 1.807) is 12.1 Å². The summed E-state index contributed by atoms with van der Waals surface area (Å²) in [5, 5.41) is 15.1. The summed E-state index contributed by atoms with van der Waals surface area (Å²) in [6.45, 7) is 2.25. The Morgan fingerprint density at radius 3 is 2.29 bits per heavy atom. The first-order chi connectivity index (χ1) is 15.8. The standard InChI is InChI=1S/C25H27FNO4S2.ClH/c1-27(13-2-5-21(28)18-8-10-19(26)11-9-18)14-12-20(17-27)31-24(29)25(30,22-6-3-15-32-22)23-7-4-16-33-23;/h3-4,6-11,15-16,20,30H,2,5,12-14,17H2,1H3;1H/q+1;/p-1. The quantitative estimate of drug-likeness (QED) is 0.263. The summed E-state index contributed by atoms with van der Waals surface area (Å²) in [5.41, 5.74) is -1.27. The summed E-state index contributed by atoms with van der Waals surface area (Å²) in [5.74, 6) is -0.995. The largest absolute Gasteiger partial charge is 1.00 e. The molecule has 5 nitrogen and oxygen atoms in total. The van der Waals surface area contributed by atoms with Crippen LogP contribution >= 0.6 is 22.7 Å². The summed E-state index contributed by atoms with van der Waals surface area (Å²) in [6.07, 6.45) is 1.50. The summed E-state index contributed by atoms with van der Waals surface area (Å²) in [7, 11) is 2.10. The number of hydrogen-bond acceptors (Lipinski definition) is 6. The molecule has 1 aliphatic heterocycles. The molecule has 1 fully saturated rings. The molecule has 2 aromatic heterocycles. The molecule has 4 rings (SSSR count). The number of halogens is 2. The second-order valence-electron chi connectivity index (χ2n) is 8.76. The van der Waals surface area contributed by atoms with Gasteiger partial charge >= 0.3 is 5.97 Å². The normalized spacial score (nSPS) is 20.0. The molecule has 0 spiro atoms. The third-order valence-corrected chi connectivity index (χ3v) is 8.19. The minimum Gasteiger partial charge on any atom is -1.00 e. The number of esters is 1. The van der Waals surface area contributed by atoms with Crippen molar-refractivity contribution in [3.63, 3.8) is 0 Å². The molecule has 0 saturated carbocycles. The highest BCUT2D eigenvalue weighted by atomic mass is 35.5. The van der Waals surface area contributed by atoms with E-state index in [9.17, 15) is 19.1 Å². The van der Waals surface area contributed by atoms with Crippen LogP contribution in [0.3, 0.4) is 0 Å². The Bertz CT molecular complexity index is 1050. The van der Waals surface area contributed by atoms with Crippen LogP contribution in [0.2, 0.25) is 0 Å². The van der Waals surface area contributed by atoms with Gasteiger partial charge in [-0.25, -0.2) is 9.18 Å². The molecule has 182 valence electrons. The number of thiophene rings is 2. The Morgan fingerprint density at radius 2 is 1.74 bits per heavy atom. The van der Waals surface area contributed by atoms with Crippen LogP contribution < -0.4 is 12.4 Å². The minimum absolute atomic E-state index is 0. The number of hydrogen-bond donors (Lipinski definition) is 1. The van der Waals surface area contributed by atoms with Crippen LogP contribution in [-0.2, 0) is 15.1 Å². The lowest BCUT2D eigenvalue weighted by Crippen LogP contribution is -3.00. The Hall–Kier alpha value is -2.10. The van der Waals surface area contributed by atoms with Gasteiger partial charge in [-0.05, 0) is 47.2 Å². The van der Waals surface area contributed by atoms with Crippen molar-refractivity contribution < 1.29 is 40.7 Å². The predicted molar refractivity (Wildman–Crippen MR) is 127 cm³/mol. The smallest absolute Gasteiger partial charge is 0.349 e. The van der Waals surface area contributed by atoms with Gasteiger partial charge < -0.3 is 26.7 Å². The Morgan fingerprint density at radius 1 is 1.12 bits per heavy atom. The van der Waals surface area contributed by atoms with Crippen LogP contribution in [0.1, 0.15) is 39.4 Å². The van der Waals surface area contributed by atoms with Crippen molar-refractivity contribution >= 4 is 34.4 Å². The highest BCUT2D eigenvalue weighted by Gasteiger charge is 2.46. The fourth-order valence-corrected chi connectivity index (χ4v) is 6.07. The van der Waals surface area contributed by atoms with E-state index in [-0.39, 0.29) is 30.1 Å². The second-order valence-corrected chi connectivity index (χ2v) is 10.7.